The minimum absolute atomic E-state index is 0.421. The lowest BCUT2D eigenvalue weighted by atomic mass is 9.65. The van der Waals surface area contributed by atoms with Crippen LogP contribution >= 0.6 is 0 Å². The lowest BCUT2D eigenvalue weighted by Crippen LogP contribution is -2.29. The first-order valence-electron chi connectivity index (χ1n) is 8.71. The second-order valence-electron chi connectivity index (χ2n) is 7.29. The molecule has 0 aromatic heterocycles. The van der Waals surface area contributed by atoms with Crippen LogP contribution in [0.15, 0.2) is 47.1 Å². The third-order valence-electron chi connectivity index (χ3n) is 5.85. The van der Waals surface area contributed by atoms with E-state index in [0.29, 0.717) is 5.41 Å². The van der Waals surface area contributed by atoms with Crippen molar-refractivity contribution >= 4 is 0 Å². The Balaban J connectivity index is 1.82. The quantitative estimate of drug-likeness (QED) is 0.472. The fraction of sp³-hybridized carbons (Fsp3) is 0.619. The average molecular weight is 284 g/mol. The van der Waals surface area contributed by atoms with Gasteiger partial charge in [0.2, 0.25) is 0 Å². The van der Waals surface area contributed by atoms with Crippen LogP contribution in [0.5, 0.6) is 0 Å². The Bertz CT molecular complexity index is 472. The molecule has 0 bridgehead atoms. The van der Waals surface area contributed by atoms with Gasteiger partial charge in [-0.15, -0.1) is 0 Å². The monoisotopic (exact) mass is 284 g/mol. The van der Waals surface area contributed by atoms with Crippen LogP contribution in [-0.4, -0.2) is 0 Å². The molecule has 2 aliphatic carbocycles. The van der Waals surface area contributed by atoms with E-state index in [2.05, 4.69) is 58.1 Å². The van der Waals surface area contributed by atoms with E-state index in [0.717, 1.165) is 12.3 Å². The van der Waals surface area contributed by atoms with Crippen LogP contribution in [0.1, 0.15) is 72.6 Å². The predicted molar refractivity (Wildman–Crippen MR) is 94.3 cm³/mol. The van der Waals surface area contributed by atoms with Crippen molar-refractivity contribution in [3.05, 3.63) is 47.1 Å². The van der Waals surface area contributed by atoms with Crippen molar-refractivity contribution in [2.75, 3.05) is 0 Å². The van der Waals surface area contributed by atoms with Gasteiger partial charge in [0.25, 0.3) is 0 Å². The van der Waals surface area contributed by atoms with Gasteiger partial charge in [0.15, 0.2) is 0 Å². The third kappa shape index (κ3) is 4.22. The lowest BCUT2D eigenvalue weighted by Gasteiger charge is -2.40. The van der Waals surface area contributed by atoms with E-state index < -0.39 is 0 Å². The molecule has 2 rings (SSSR count). The standard InChI is InChI=1S/C21H32/c1-17(9-7-14-20-12-5-6-13-20)15-16-21(4)18(2)10-8-11-19(21)3/h5,9-10,12-13,19H,6-8,11,14-16H2,1-4H3/b17-9+/t19-,21+/m0/s1. The molecule has 0 aromatic rings. The van der Waals surface area contributed by atoms with E-state index in [9.17, 15) is 0 Å². The average Bonchev–Trinajstić information content (AvgIpc) is 2.96. The van der Waals surface area contributed by atoms with Gasteiger partial charge in [0, 0.05) is 0 Å². The Morgan fingerprint density at radius 2 is 2.19 bits per heavy atom. The summed E-state index contributed by atoms with van der Waals surface area (Å²) in [6, 6.07) is 0. The summed E-state index contributed by atoms with van der Waals surface area (Å²) < 4.78 is 0. The van der Waals surface area contributed by atoms with Crippen LogP contribution in [0.25, 0.3) is 0 Å². The summed E-state index contributed by atoms with van der Waals surface area (Å²) in [5, 5.41) is 0. The van der Waals surface area contributed by atoms with E-state index in [-0.39, 0.29) is 0 Å². The number of rotatable bonds is 6. The fourth-order valence-electron chi connectivity index (χ4n) is 3.67. The highest BCUT2D eigenvalue weighted by atomic mass is 14.4. The molecule has 0 nitrogen and oxygen atoms in total. The molecule has 116 valence electrons. The van der Waals surface area contributed by atoms with Crippen molar-refractivity contribution in [2.45, 2.75) is 72.6 Å². The van der Waals surface area contributed by atoms with Crippen LogP contribution < -0.4 is 0 Å². The molecule has 2 atom stereocenters. The highest BCUT2D eigenvalue weighted by Crippen LogP contribution is 2.45. The molecule has 0 unspecified atom stereocenters. The summed E-state index contributed by atoms with van der Waals surface area (Å²) in [6.45, 7) is 9.57. The minimum Gasteiger partial charge on any atom is -0.0853 e. The Morgan fingerprint density at radius 3 is 2.86 bits per heavy atom. The molecular formula is C21H32. The van der Waals surface area contributed by atoms with Gasteiger partial charge in [0.1, 0.15) is 0 Å². The highest BCUT2D eigenvalue weighted by Gasteiger charge is 2.34. The van der Waals surface area contributed by atoms with Gasteiger partial charge in [-0.1, -0.05) is 60.9 Å². The molecule has 0 heterocycles. The molecule has 0 amide bonds. The molecule has 0 heteroatoms. The van der Waals surface area contributed by atoms with E-state index in [1.165, 1.54) is 44.1 Å². The van der Waals surface area contributed by atoms with Gasteiger partial charge in [-0.2, -0.15) is 0 Å². The molecule has 0 saturated carbocycles. The van der Waals surface area contributed by atoms with Crippen molar-refractivity contribution in [2.24, 2.45) is 11.3 Å². The van der Waals surface area contributed by atoms with Crippen molar-refractivity contribution in [1.29, 1.82) is 0 Å². The Labute approximate surface area is 131 Å². The molecule has 21 heavy (non-hydrogen) atoms. The van der Waals surface area contributed by atoms with Crippen molar-refractivity contribution in [1.82, 2.24) is 0 Å². The zero-order chi connectivity index (χ0) is 15.3. The molecule has 0 fully saturated rings. The molecule has 2 aliphatic rings. The smallest absolute Gasteiger partial charge is 0.00904 e. The number of allylic oxidation sites excluding steroid dienone is 8. The van der Waals surface area contributed by atoms with Crippen molar-refractivity contribution in [3.63, 3.8) is 0 Å². The first-order valence-corrected chi connectivity index (χ1v) is 8.71. The minimum atomic E-state index is 0.421. The van der Waals surface area contributed by atoms with E-state index in [4.69, 9.17) is 0 Å². The van der Waals surface area contributed by atoms with Gasteiger partial charge in [0.05, 0.1) is 0 Å². The third-order valence-corrected chi connectivity index (χ3v) is 5.85. The second kappa shape index (κ2) is 7.29. The van der Waals surface area contributed by atoms with Gasteiger partial charge < -0.3 is 0 Å². The van der Waals surface area contributed by atoms with Gasteiger partial charge in [-0.05, 0) is 70.1 Å². The van der Waals surface area contributed by atoms with E-state index in [1.807, 2.05) is 0 Å². The maximum absolute atomic E-state index is 2.48. The summed E-state index contributed by atoms with van der Waals surface area (Å²) in [4.78, 5) is 0. The molecule has 0 aromatic carbocycles. The summed E-state index contributed by atoms with van der Waals surface area (Å²) >= 11 is 0. The van der Waals surface area contributed by atoms with Gasteiger partial charge in [-0.3, -0.25) is 0 Å². The molecule has 0 N–H and O–H groups in total. The van der Waals surface area contributed by atoms with Crippen LogP contribution in [0.3, 0.4) is 0 Å². The highest BCUT2D eigenvalue weighted by molar-refractivity contribution is 5.26. The summed E-state index contributed by atoms with van der Waals surface area (Å²) in [6.07, 6.45) is 20.6. The number of hydrogen-bond donors (Lipinski definition) is 0. The molecule has 0 aliphatic heterocycles. The maximum atomic E-state index is 2.48. The Hall–Kier alpha value is -1.04. The topological polar surface area (TPSA) is 0 Å². The van der Waals surface area contributed by atoms with E-state index >= 15 is 0 Å². The van der Waals surface area contributed by atoms with E-state index in [1.54, 1.807) is 11.1 Å². The normalized spacial score (nSPS) is 29.5. The van der Waals surface area contributed by atoms with Crippen LogP contribution in [0.4, 0.5) is 0 Å². The Morgan fingerprint density at radius 1 is 1.38 bits per heavy atom. The largest absolute Gasteiger partial charge is 0.0853 e. The van der Waals surface area contributed by atoms with Crippen LogP contribution in [0, 0.1) is 11.3 Å². The first kappa shape index (κ1) is 16.3. The molecule has 0 saturated heterocycles. The summed E-state index contributed by atoms with van der Waals surface area (Å²) in [7, 11) is 0. The maximum Gasteiger partial charge on any atom is -0.00904 e. The van der Waals surface area contributed by atoms with Gasteiger partial charge in [-0.25, -0.2) is 0 Å². The predicted octanol–water partition coefficient (Wildman–Crippen LogP) is 6.76. The first-order chi connectivity index (χ1) is 10.0. The molecule has 0 spiro atoms. The molecule has 0 radical (unpaired) electrons. The second-order valence-corrected chi connectivity index (χ2v) is 7.29. The fourth-order valence-corrected chi connectivity index (χ4v) is 3.67. The van der Waals surface area contributed by atoms with Crippen LogP contribution in [-0.2, 0) is 0 Å². The Kier molecular flexibility index (Phi) is 5.67. The summed E-state index contributed by atoms with van der Waals surface area (Å²) in [5.41, 5.74) is 5.13. The van der Waals surface area contributed by atoms with Crippen LogP contribution in [0.2, 0.25) is 0 Å². The van der Waals surface area contributed by atoms with Crippen molar-refractivity contribution in [3.8, 4) is 0 Å². The van der Waals surface area contributed by atoms with Gasteiger partial charge >= 0.3 is 0 Å². The lowest BCUT2D eigenvalue weighted by molar-refractivity contribution is 0.211. The zero-order valence-corrected chi connectivity index (χ0v) is 14.4. The van der Waals surface area contributed by atoms with Crippen molar-refractivity contribution < 1.29 is 0 Å². The number of hydrogen-bond acceptors (Lipinski definition) is 0. The summed E-state index contributed by atoms with van der Waals surface area (Å²) in [5.74, 6) is 0.823. The SMILES string of the molecule is CC1=CCC[C@H](C)[C@]1(C)CC/C(C)=C/CCC1=CCC=C1. The zero-order valence-electron chi connectivity index (χ0n) is 14.4. The molecular weight excluding hydrogens is 252 g/mol.